The second kappa shape index (κ2) is 5.25. The number of aryl methyl sites for hydroxylation is 4. The first-order valence-electron chi connectivity index (χ1n) is 6.34. The molecule has 2 rings (SSSR count). The van der Waals surface area contributed by atoms with Gasteiger partial charge in [-0.3, -0.25) is 0 Å². The van der Waals surface area contributed by atoms with Gasteiger partial charge in [0.15, 0.2) is 0 Å². The average Bonchev–Trinajstić information content (AvgIpc) is 2.69. The Morgan fingerprint density at radius 1 is 1.00 bits per heavy atom. The van der Waals surface area contributed by atoms with Crippen molar-refractivity contribution >= 4 is 11.3 Å². The van der Waals surface area contributed by atoms with Crippen LogP contribution in [-0.2, 0) is 0 Å². The summed E-state index contributed by atoms with van der Waals surface area (Å²) < 4.78 is 0. The molecule has 0 aliphatic rings. The lowest BCUT2D eigenvalue weighted by Gasteiger charge is -2.21. The number of thiophene rings is 1. The Morgan fingerprint density at radius 2 is 1.61 bits per heavy atom. The molecule has 0 saturated heterocycles. The van der Waals surface area contributed by atoms with Gasteiger partial charge in [-0.15, -0.1) is 11.3 Å². The lowest BCUT2D eigenvalue weighted by atomic mass is 9.93. The number of nitrogens with one attached hydrogen (secondary N) is 1. The molecule has 1 nitrogen and oxygen atoms in total. The largest absolute Gasteiger partial charge is 0.309 e. The Kier molecular flexibility index (Phi) is 3.88. The van der Waals surface area contributed by atoms with Crippen molar-refractivity contribution in [3.05, 3.63) is 56.3 Å². The molecule has 2 aromatic rings. The Balaban J connectivity index is 2.51. The predicted octanol–water partition coefficient (Wildman–Crippen LogP) is 4.29. The summed E-state index contributed by atoms with van der Waals surface area (Å²) in [5.74, 6) is 0. The zero-order valence-corrected chi connectivity index (χ0v) is 12.6. The van der Waals surface area contributed by atoms with Crippen molar-refractivity contribution in [2.24, 2.45) is 0 Å². The smallest absolute Gasteiger partial charge is 0.0673 e. The molecule has 0 radical (unpaired) electrons. The molecule has 1 aromatic heterocycles. The lowest BCUT2D eigenvalue weighted by Crippen LogP contribution is -2.19. The van der Waals surface area contributed by atoms with Crippen LogP contribution in [0.4, 0.5) is 0 Å². The van der Waals surface area contributed by atoms with Crippen LogP contribution in [0.2, 0.25) is 0 Å². The first kappa shape index (κ1) is 13.3. The summed E-state index contributed by atoms with van der Waals surface area (Å²) in [6.45, 7) is 8.74. The van der Waals surface area contributed by atoms with E-state index >= 15 is 0 Å². The highest BCUT2D eigenvalue weighted by molar-refractivity contribution is 7.12. The van der Waals surface area contributed by atoms with E-state index in [2.05, 4.69) is 57.3 Å². The number of hydrogen-bond acceptors (Lipinski definition) is 2. The molecule has 1 atom stereocenters. The van der Waals surface area contributed by atoms with E-state index in [0.29, 0.717) is 6.04 Å². The molecule has 0 aliphatic carbocycles. The van der Waals surface area contributed by atoms with Gasteiger partial charge < -0.3 is 5.32 Å². The number of hydrogen-bond donors (Lipinski definition) is 1. The van der Waals surface area contributed by atoms with Gasteiger partial charge in [-0.05, 0) is 63.6 Å². The van der Waals surface area contributed by atoms with Crippen molar-refractivity contribution in [2.45, 2.75) is 33.7 Å². The number of rotatable bonds is 3. The molecule has 0 spiro atoms. The second-order valence-electron chi connectivity index (χ2n) is 4.98. The lowest BCUT2D eigenvalue weighted by molar-refractivity contribution is 0.694. The van der Waals surface area contributed by atoms with Gasteiger partial charge in [-0.25, -0.2) is 0 Å². The van der Waals surface area contributed by atoms with Crippen molar-refractivity contribution in [2.75, 3.05) is 7.05 Å². The summed E-state index contributed by atoms with van der Waals surface area (Å²) in [7, 11) is 2.04. The van der Waals surface area contributed by atoms with Crippen LogP contribution in [-0.4, -0.2) is 7.05 Å². The second-order valence-corrected chi connectivity index (χ2v) is 6.30. The van der Waals surface area contributed by atoms with Gasteiger partial charge in [-0.2, -0.15) is 0 Å². The summed E-state index contributed by atoms with van der Waals surface area (Å²) >= 11 is 1.87. The minimum Gasteiger partial charge on any atom is -0.309 e. The first-order chi connectivity index (χ1) is 8.52. The van der Waals surface area contributed by atoms with Crippen molar-refractivity contribution < 1.29 is 0 Å². The Morgan fingerprint density at radius 3 is 2.06 bits per heavy atom. The molecule has 1 aromatic carbocycles. The molecular weight excluding hydrogens is 238 g/mol. The normalized spacial score (nSPS) is 12.7. The van der Waals surface area contributed by atoms with Gasteiger partial charge in [0.25, 0.3) is 0 Å². The fraction of sp³-hybridized carbons (Fsp3) is 0.375. The molecule has 1 unspecified atom stereocenters. The molecular formula is C16H21NS. The maximum atomic E-state index is 3.46. The highest BCUT2D eigenvalue weighted by Gasteiger charge is 2.18. The highest BCUT2D eigenvalue weighted by atomic mass is 32.1. The van der Waals surface area contributed by atoms with E-state index in [9.17, 15) is 0 Å². The predicted molar refractivity (Wildman–Crippen MR) is 80.6 cm³/mol. The quantitative estimate of drug-likeness (QED) is 0.867. The van der Waals surface area contributed by atoms with E-state index in [0.717, 1.165) is 0 Å². The van der Waals surface area contributed by atoms with E-state index in [1.54, 1.807) is 0 Å². The topological polar surface area (TPSA) is 12.0 Å². The molecule has 0 saturated carbocycles. The monoisotopic (exact) mass is 259 g/mol. The van der Waals surface area contributed by atoms with Crippen LogP contribution in [0.1, 0.15) is 38.0 Å². The van der Waals surface area contributed by atoms with Crippen LogP contribution in [0.5, 0.6) is 0 Å². The fourth-order valence-electron chi connectivity index (χ4n) is 2.68. The minimum absolute atomic E-state index is 0.310. The van der Waals surface area contributed by atoms with Gasteiger partial charge in [-0.1, -0.05) is 17.7 Å². The van der Waals surface area contributed by atoms with Crippen LogP contribution < -0.4 is 5.32 Å². The van der Waals surface area contributed by atoms with E-state index in [4.69, 9.17) is 0 Å². The third-order valence-electron chi connectivity index (χ3n) is 3.36. The van der Waals surface area contributed by atoms with E-state index in [1.165, 1.54) is 32.0 Å². The first-order valence-corrected chi connectivity index (χ1v) is 7.16. The molecule has 2 heteroatoms. The Hall–Kier alpha value is -1.12. The van der Waals surface area contributed by atoms with Crippen LogP contribution in [0.25, 0.3) is 0 Å². The van der Waals surface area contributed by atoms with Crippen molar-refractivity contribution in [1.29, 1.82) is 0 Å². The molecule has 18 heavy (non-hydrogen) atoms. The maximum Gasteiger partial charge on any atom is 0.0673 e. The summed E-state index contributed by atoms with van der Waals surface area (Å²) in [4.78, 5) is 2.76. The van der Waals surface area contributed by atoms with Crippen molar-refractivity contribution in [1.82, 2.24) is 5.32 Å². The third kappa shape index (κ3) is 2.50. The Labute approximate surface area is 114 Å². The summed E-state index contributed by atoms with van der Waals surface area (Å²) in [5.41, 5.74) is 5.51. The zero-order chi connectivity index (χ0) is 13.3. The summed E-state index contributed by atoms with van der Waals surface area (Å²) in [6.07, 6.45) is 0. The van der Waals surface area contributed by atoms with Gasteiger partial charge in [0.2, 0.25) is 0 Å². The molecule has 0 bridgehead atoms. The standard InChI is InChI=1S/C16H21NS/c1-10-8-11(2)15(12(3)9-10)16(17-5)14-7-6-13(4)18-14/h6-9,16-17H,1-5H3. The van der Waals surface area contributed by atoms with E-state index < -0.39 is 0 Å². The van der Waals surface area contributed by atoms with Gasteiger partial charge in [0.05, 0.1) is 6.04 Å². The van der Waals surface area contributed by atoms with Crippen LogP contribution >= 0.6 is 11.3 Å². The van der Waals surface area contributed by atoms with Crippen LogP contribution in [0, 0.1) is 27.7 Å². The Bertz CT molecular complexity index is 531. The maximum absolute atomic E-state index is 3.46. The average molecular weight is 259 g/mol. The van der Waals surface area contributed by atoms with Crippen LogP contribution in [0.3, 0.4) is 0 Å². The number of benzene rings is 1. The zero-order valence-electron chi connectivity index (χ0n) is 11.8. The third-order valence-corrected chi connectivity index (χ3v) is 4.43. The van der Waals surface area contributed by atoms with E-state index in [-0.39, 0.29) is 0 Å². The molecule has 1 heterocycles. The van der Waals surface area contributed by atoms with Gasteiger partial charge >= 0.3 is 0 Å². The van der Waals surface area contributed by atoms with Crippen molar-refractivity contribution in [3.8, 4) is 0 Å². The van der Waals surface area contributed by atoms with Crippen LogP contribution in [0.15, 0.2) is 24.3 Å². The van der Waals surface area contributed by atoms with Crippen molar-refractivity contribution in [3.63, 3.8) is 0 Å². The molecule has 0 aliphatic heterocycles. The molecule has 1 N–H and O–H groups in total. The fourth-order valence-corrected chi connectivity index (χ4v) is 3.68. The molecule has 96 valence electrons. The summed E-state index contributed by atoms with van der Waals surface area (Å²) in [5, 5.41) is 3.46. The minimum atomic E-state index is 0.310. The SMILES string of the molecule is CNC(c1ccc(C)s1)c1c(C)cc(C)cc1C. The van der Waals surface area contributed by atoms with E-state index in [1.807, 2.05) is 18.4 Å². The van der Waals surface area contributed by atoms with Gasteiger partial charge in [0, 0.05) is 9.75 Å². The highest BCUT2D eigenvalue weighted by Crippen LogP contribution is 2.32. The van der Waals surface area contributed by atoms with Gasteiger partial charge in [0.1, 0.15) is 0 Å². The molecule has 0 amide bonds. The summed E-state index contributed by atoms with van der Waals surface area (Å²) in [6, 6.07) is 9.29. The molecule has 0 fully saturated rings.